The second-order valence-electron chi connectivity index (χ2n) is 2.92. The second-order valence-corrected chi connectivity index (χ2v) is 2.92. The van der Waals surface area contributed by atoms with Gasteiger partial charge in [0.15, 0.2) is 6.04 Å². The minimum absolute atomic E-state index is 0.170. The fourth-order valence-electron chi connectivity index (χ4n) is 1.13. The minimum Gasteiger partial charge on any atom is -0.480 e. The van der Waals surface area contributed by atoms with Crippen molar-refractivity contribution in [3.8, 4) is 0 Å². The third-order valence-electron chi connectivity index (χ3n) is 1.88. The van der Waals surface area contributed by atoms with Gasteiger partial charge in [-0.15, -0.1) is 5.17 Å². The van der Waals surface area contributed by atoms with Crippen molar-refractivity contribution in [1.29, 1.82) is 0 Å². The van der Waals surface area contributed by atoms with Crippen molar-refractivity contribution in [3.05, 3.63) is 35.9 Å². The van der Waals surface area contributed by atoms with Crippen LogP contribution in [0.15, 0.2) is 30.3 Å². The van der Waals surface area contributed by atoms with E-state index in [0.29, 0.717) is 0 Å². The Hall–Kier alpha value is -1.43. The molecule has 0 spiro atoms. The molecule has 0 saturated heterocycles. The van der Waals surface area contributed by atoms with Gasteiger partial charge in [-0.25, -0.2) is 5.84 Å². The van der Waals surface area contributed by atoms with Gasteiger partial charge in [0.05, 0.1) is 0 Å². The predicted molar refractivity (Wildman–Crippen MR) is 49.4 cm³/mol. The Labute approximate surface area is 81.3 Å². The first-order valence-electron chi connectivity index (χ1n) is 4.11. The Bertz CT molecular complexity index is 300. The van der Waals surface area contributed by atoms with Gasteiger partial charge in [-0.2, -0.15) is 0 Å². The smallest absolute Gasteiger partial charge is 0.325 e. The highest BCUT2D eigenvalue weighted by Crippen LogP contribution is 2.05. The van der Waals surface area contributed by atoms with Gasteiger partial charge in [0.1, 0.15) is 0 Å². The van der Waals surface area contributed by atoms with Gasteiger partial charge in [0.2, 0.25) is 0 Å². The molecule has 1 aromatic carbocycles. The number of carboxylic acids is 1. The van der Waals surface area contributed by atoms with E-state index in [9.17, 15) is 4.79 Å². The number of nitrogens with two attached hydrogens (primary N) is 1. The zero-order chi connectivity index (χ0) is 10.6. The number of carboxylic acid groups (broad SMARTS) is 1. The summed E-state index contributed by atoms with van der Waals surface area (Å²) in [5.74, 6) is 3.84. The Morgan fingerprint density at radius 1 is 1.43 bits per heavy atom. The second kappa shape index (κ2) is 4.71. The van der Waals surface area contributed by atoms with E-state index >= 15 is 0 Å². The third kappa shape index (κ3) is 2.81. The van der Waals surface area contributed by atoms with Crippen LogP contribution in [0.1, 0.15) is 5.56 Å². The maximum absolute atomic E-state index is 10.7. The van der Waals surface area contributed by atoms with E-state index in [1.54, 1.807) is 24.3 Å². The molecular weight excluding hydrogens is 184 g/mol. The van der Waals surface area contributed by atoms with Crippen molar-refractivity contribution in [1.82, 2.24) is 5.17 Å². The zero-order valence-electron chi connectivity index (χ0n) is 7.50. The van der Waals surface area contributed by atoms with Crippen molar-refractivity contribution >= 4 is 5.97 Å². The molecule has 0 fully saturated rings. The first kappa shape index (κ1) is 10.6. The lowest BCUT2D eigenvalue weighted by molar-refractivity contribution is -0.170. The van der Waals surface area contributed by atoms with Crippen LogP contribution in [0, 0.1) is 0 Å². The van der Waals surface area contributed by atoms with E-state index < -0.39 is 12.0 Å². The molecule has 0 aliphatic heterocycles. The van der Waals surface area contributed by atoms with Crippen LogP contribution in [-0.4, -0.2) is 27.5 Å². The standard InChI is InChI=1S/C9H12N2O3/c10-11(14)8(9(12)13)6-7-4-2-1-3-5-7/h1-5,8,14H,6,10H2,(H,12,13)/t8-/m0/s1. The van der Waals surface area contributed by atoms with Crippen molar-refractivity contribution in [2.24, 2.45) is 5.84 Å². The summed E-state index contributed by atoms with van der Waals surface area (Å²) in [5.41, 5.74) is 0.810. The van der Waals surface area contributed by atoms with Crippen LogP contribution < -0.4 is 5.84 Å². The molecular formula is C9H12N2O3. The summed E-state index contributed by atoms with van der Waals surface area (Å²) in [5, 5.41) is 17.8. The molecule has 76 valence electrons. The largest absolute Gasteiger partial charge is 0.480 e. The first-order chi connectivity index (χ1) is 6.61. The average molecular weight is 196 g/mol. The van der Waals surface area contributed by atoms with Crippen molar-refractivity contribution in [2.45, 2.75) is 12.5 Å². The molecule has 1 atom stereocenters. The summed E-state index contributed by atoms with van der Waals surface area (Å²) in [4.78, 5) is 10.7. The fraction of sp³-hybridized carbons (Fsp3) is 0.222. The maximum atomic E-state index is 10.7. The van der Waals surface area contributed by atoms with Gasteiger partial charge in [-0.1, -0.05) is 30.3 Å². The van der Waals surface area contributed by atoms with Gasteiger partial charge >= 0.3 is 5.97 Å². The first-order valence-corrected chi connectivity index (χ1v) is 4.11. The molecule has 0 amide bonds. The van der Waals surface area contributed by atoms with E-state index in [4.69, 9.17) is 16.2 Å². The van der Waals surface area contributed by atoms with Crippen molar-refractivity contribution in [2.75, 3.05) is 0 Å². The highest BCUT2D eigenvalue weighted by molar-refractivity contribution is 5.73. The lowest BCUT2D eigenvalue weighted by atomic mass is 10.1. The maximum Gasteiger partial charge on any atom is 0.325 e. The highest BCUT2D eigenvalue weighted by atomic mass is 16.5. The highest BCUT2D eigenvalue weighted by Gasteiger charge is 2.22. The summed E-state index contributed by atoms with van der Waals surface area (Å²) < 4.78 is 0. The van der Waals surface area contributed by atoms with Crippen molar-refractivity contribution < 1.29 is 15.1 Å². The molecule has 1 rings (SSSR count). The average Bonchev–Trinajstić information content (AvgIpc) is 2.15. The normalized spacial score (nSPS) is 12.8. The van der Waals surface area contributed by atoms with Crippen LogP contribution in [-0.2, 0) is 11.2 Å². The molecule has 14 heavy (non-hydrogen) atoms. The van der Waals surface area contributed by atoms with Crippen LogP contribution in [0.25, 0.3) is 0 Å². The van der Waals surface area contributed by atoms with E-state index in [-0.39, 0.29) is 11.6 Å². The number of hydrogen-bond acceptors (Lipinski definition) is 4. The monoisotopic (exact) mass is 196 g/mol. The zero-order valence-corrected chi connectivity index (χ0v) is 7.50. The van der Waals surface area contributed by atoms with E-state index in [2.05, 4.69) is 0 Å². The summed E-state index contributed by atoms with van der Waals surface area (Å²) in [6.07, 6.45) is 0.170. The van der Waals surface area contributed by atoms with Crippen LogP contribution in [0.3, 0.4) is 0 Å². The quantitative estimate of drug-likeness (QED) is 0.474. The van der Waals surface area contributed by atoms with Crippen LogP contribution >= 0.6 is 0 Å². The van der Waals surface area contributed by atoms with E-state index in [1.807, 2.05) is 6.07 Å². The lowest BCUT2D eigenvalue weighted by Crippen LogP contribution is -2.44. The van der Waals surface area contributed by atoms with Gasteiger partial charge in [0.25, 0.3) is 0 Å². The van der Waals surface area contributed by atoms with Crippen molar-refractivity contribution in [3.63, 3.8) is 0 Å². The number of hydrogen-bond donors (Lipinski definition) is 3. The van der Waals surface area contributed by atoms with Gasteiger partial charge in [-0.05, 0) is 5.56 Å². The topological polar surface area (TPSA) is 86.8 Å². The van der Waals surface area contributed by atoms with Crippen LogP contribution in [0.5, 0.6) is 0 Å². The summed E-state index contributed by atoms with van der Waals surface area (Å²) in [6, 6.07) is 7.87. The number of carbonyl (C=O) groups is 1. The minimum atomic E-state index is -1.15. The van der Waals surface area contributed by atoms with E-state index in [1.165, 1.54) is 0 Å². The number of hydrazine groups is 1. The number of nitrogens with zero attached hydrogens (tertiary/aromatic N) is 1. The molecule has 4 N–H and O–H groups in total. The molecule has 0 saturated carbocycles. The summed E-state index contributed by atoms with van der Waals surface area (Å²) in [7, 11) is 0. The summed E-state index contributed by atoms with van der Waals surface area (Å²) >= 11 is 0. The van der Waals surface area contributed by atoms with Crippen LogP contribution in [0.2, 0.25) is 0 Å². The number of rotatable bonds is 4. The predicted octanol–water partition coefficient (Wildman–Crippen LogP) is 0.247. The third-order valence-corrected chi connectivity index (χ3v) is 1.88. The Kier molecular flexibility index (Phi) is 3.58. The lowest BCUT2D eigenvalue weighted by Gasteiger charge is -2.17. The van der Waals surface area contributed by atoms with Gasteiger partial charge in [0, 0.05) is 6.42 Å². The Morgan fingerprint density at radius 2 is 2.00 bits per heavy atom. The summed E-state index contributed by atoms with van der Waals surface area (Å²) in [6.45, 7) is 0. The van der Waals surface area contributed by atoms with Gasteiger partial charge in [-0.3, -0.25) is 10.0 Å². The molecule has 0 aliphatic rings. The molecule has 0 bridgehead atoms. The fourth-order valence-corrected chi connectivity index (χ4v) is 1.13. The molecule has 0 heterocycles. The Balaban J connectivity index is 2.70. The molecule has 0 aliphatic carbocycles. The molecule has 0 aromatic heterocycles. The van der Waals surface area contributed by atoms with E-state index in [0.717, 1.165) is 5.56 Å². The number of aliphatic carboxylic acids is 1. The molecule has 1 aromatic rings. The SMILES string of the molecule is NN(O)[C@@H](Cc1ccccc1)C(=O)O. The van der Waals surface area contributed by atoms with Crippen LogP contribution in [0.4, 0.5) is 0 Å². The molecule has 0 unspecified atom stereocenters. The molecule has 0 radical (unpaired) electrons. The molecule has 5 heteroatoms. The number of benzene rings is 1. The molecule has 5 nitrogen and oxygen atoms in total. The Morgan fingerprint density at radius 3 is 2.43 bits per heavy atom. The van der Waals surface area contributed by atoms with Gasteiger partial charge < -0.3 is 5.11 Å². The number of hydroxylamine groups is 1.